The standard InChI is InChI=1S/C59H41N3/c1-58(2)51-26-16-15-25-47(51)48-33-30-43(37-52(48)58)57-61-55(39-19-9-4-10-20-39)60-56(62-57)42-29-31-46-41(35-42)28-34-50-49-32-27-40(38-17-7-3-8-18-38)36-53(49)59(54(46)50,44-21-11-5-12-22-44)45-23-13-6-14-24-45/h3-37H,1-2H3. The minimum atomic E-state index is -0.569. The molecule has 1 aromatic heterocycles. The molecule has 62 heavy (non-hydrogen) atoms. The summed E-state index contributed by atoms with van der Waals surface area (Å²) in [5.41, 5.74) is 17.4. The Morgan fingerprint density at radius 2 is 0.790 bits per heavy atom. The van der Waals surface area contributed by atoms with Gasteiger partial charge in [0.15, 0.2) is 17.5 Å². The van der Waals surface area contributed by atoms with Crippen molar-refractivity contribution in [2.24, 2.45) is 0 Å². The van der Waals surface area contributed by atoms with Crippen molar-refractivity contribution < 1.29 is 0 Å². The summed E-state index contributed by atoms with van der Waals surface area (Å²) in [5.74, 6) is 1.96. The van der Waals surface area contributed by atoms with Gasteiger partial charge in [-0.25, -0.2) is 15.0 Å². The third-order valence-corrected chi connectivity index (χ3v) is 13.4. The van der Waals surface area contributed by atoms with Gasteiger partial charge in [-0.15, -0.1) is 0 Å². The Morgan fingerprint density at radius 1 is 0.323 bits per heavy atom. The molecule has 2 aliphatic rings. The van der Waals surface area contributed by atoms with Gasteiger partial charge < -0.3 is 0 Å². The largest absolute Gasteiger partial charge is 0.208 e. The smallest absolute Gasteiger partial charge is 0.164 e. The average Bonchev–Trinajstić information content (AvgIpc) is 3.77. The number of nitrogens with zero attached hydrogens (tertiary/aromatic N) is 3. The van der Waals surface area contributed by atoms with Crippen LogP contribution in [0.15, 0.2) is 212 Å². The molecular weight excluding hydrogens is 751 g/mol. The van der Waals surface area contributed by atoms with Crippen LogP contribution in [0, 0.1) is 0 Å². The van der Waals surface area contributed by atoms with Gasteiger partial charge in [-0.1, -0.05) is 208 Å². The predicted molar refractivity (Wildman–Crippen MR) is 254 cm³/mol. The van der Waals surface area contributed by atoms with Crippen LogP contribution in [0.5, 0.6) is 0 Å². The normalized spacial score (nSPS) is 13.9. The summed E-state index contributed by atoms with van der Waals surface area (Å²) in [6.07, 6.45) is 0. The first-order valence-electron chi connectivity index (χ1n) is 21.4. The van der Waals surface area contributed by atoms with Crippen LogP contribution >= 0.6 is 0 Å². The molecule has 0 bridgehead atoms. The SMILES string of the molecule is CC1(C)c2ccccc2-c2ccc(-c3nc(-c4ccccc4)nc(-c4ccc5c6c(ccc5c4)-c4ccc(-c5ccccc5)cc4C6(c4ccccc4)c4ccccc4)n3)cc21. The van der Waals surface area contributed by atoms with Crippen LogP contribution < -0.4 is 0 Å². The highest BCUT2D eigenvalue weighted by Crippen LogP contribution is 2.59. The van der Waals surface area contributed by atoms with Crippen LogP contribution in [-0.4, -0.2) is 15.0 Å². The molecule has 0 saturated carbocycles. The molecule has 9 aromatic carbocycles. The Kier molecular flexibility index (Phi) is 8.10. The molecule has 0 spiro atoms. The first kappa shape index (κ1) is 36.1. The maximum atomic E-state index is 5.27. The fraction of sp³-hybridized carbons (Fsp3) is 0.0678. The highest BCUT2D eigenvalue weighted by Gasteiger charge is 2.47. The highest BCUT2D eigenvalue weighted by atomic mass is 15.0. The summed E-state index contributed by atoms with van der Waals surface area (Å²) < 4.78 is 0. The topological polar surface area (TPSA) is 38.7 Å². The van der Waals surface area contributed by atoms with Crippen molar-refractivity contribution in [1.29, 1.82) is 0 Å². The molecule has 3 nitrogen and oxygen atoms in total. The fourth-order valence-corrected chi connectivity index (χ4v) is 10.5. The Morgan fingerprint density at radius 3 is 1.45 bits per heavy atom. The van der Waals surface area contributed by atoms with E-state index in [1.165, 1.54) is 72.1 Å². The van der Waals surface area contributed by atoms with E-state index in [-0.39, 0.29) is 5.41 Å². The van der Waals surface area contributed by atoms with Crippen LogP contribution in [0.25, 0.3) is 78.3 Å². The molecule has 0 aliphatic heterocycles. The number of aromatic nitrogens is 3. The quantitative estimate of drug-likeness (QED) is 0.168. The highest BCUT2D eigenvalue weighted by molar-refractivity contribution is 6.02. The Balaban J connectivity index is 1.06. The lowest BCUT2D eigenvalue weighted by Gasteiger charge is -2.35. The molecule has 0 N–H and O–H groups in total. The lowest BCUT2D eigenvalue weighted by molar-refractivity contribution is 0.660. The second-order valence-corrected chi connectivity index (χ2v) is 17.1. The van der Waals surface area contributed by atoms with Crippen molar-refractivity contribution in [3.8, 4) is 67.5 Å². The molecule has 12 rings (SSSR count). The third kappa shape index (κ3) is 5.41. The van der Waals surface area contributed by atoms with E-state index >= 15 is 0 Å². The molecule has 2 aliphatic carbocycles. The lowest BCUT2D eigenvalue weighted by Crippen LogP contribution is -2.28. The van der Waals surface area contributed by atoms with E-state index in [2.05, 4.69) is 208 Å². The summed E-state index contributed by atoms with van der Waals surface area (Å²) in [4.78, 5) is 15.6. The molecule has 0 radical (unpaired) electrons. The lowest BCUT2D eigenvalue weighted by atomic mass is 9.66. The van der Waals surface area contributed by atoms with Crippen molar-refractivity contribution in [2.75, 3.05) is 0 Å². The van der Waals surface area contributed by atoms with Gasteiger partial charge in [0.05, 0.1) is 5.41 Å². The second kappa shape index (κ2) is 13.9. The Labute approximate surface area is 362 Å². The van der Waals surface area contributed by atoms with E-state index in [0.717, 1.165) is 22.1 Å². The maximum absolute atomic E-state index is 5.27. The number of hydrogen-bond acceptors (Lipinski definition) is 3. The predicted octanol–water partition coefficient (Wildman–Crippen LogP) is 14.4. The van der Waals surface area contributed by atoms with Crippen molar-refractivity contribution in [3.63, 3.8) is 0 Å². The van der Waals surface area contributed by atoms with Gasteiger partial charge >= 0.3 is 0 Å². The number of benzene rings is 9. The van der Waals surface area contributed by atoms with E-state index in [1.54, 1.807) is 0 Å². The van der Waals surface area contributed by atoms with Crippen molar-refractivity contribution in [3.05, 3.63) is 246 Å². The Hall–Kier alpha value is -7.75. The molecule has 0 atom stereocenters. The zero-order valence-electron chi connectivity index (χ0n) is 34.5. The number of rotatable bonds is 6. The monoisotopic (exact) mass is 791 g/mol. The van der Waals surface area contributed by atoms with Gasteiger partial charge in [-0.3, -0.25) is 0 Å². The first-order valence-corrected chi connectivity index (χ1v) is 21.4. The van der Waals surface area contributed by atoms with Crippen LogP contribution in [0.2, 0.25) is 0 Å². The van der Waals surface area contributed by atoms with Gasteiger partial charge in [-0.2, -0.15) is 0 Å². The van der Waals surface area contributed by atoms with E-state index in [9.17, 15) is 0 Å². The molecule has 3 heteroatoms. The van der Waals surface area contributed by atoms with Crippen LogP contribution in [0.1, 0.15) is 47.2 Å². The average molecular weight is 792 g/mol. The summed E-state index contributed by atoms with van der Waals surface area (Å²) in [7, 11) is 0. The summed E-state index contributed by atoms with van der Waals surface area (Å²) >= 11 is 0. The number of fused-ring (bicyclic) bond motifs is 8. The molecule has 292 valence electrons. The fourth-order valence-electron chi connectivity index (χ4n) is 10.5. The summed E-state index contributed by atoms with van der Waals surface area (Å²) in [6, 6.07) is 77.0. The Bertz CT molecular complexity index is 3320. The zero-order chi connectivity index (χ0) is 41.4. The van der Waals surface area contributed by atoms with Gasteiger partial charge in [0, 0.05) is 22.1 Å². The molecule has 0 fully saturated rings. The second-order valence-electron chi connectivity index (χ2n) is 17.1. The first-order chi connectivity index (χ1) is 30.5. The zero-order valence-corrected chi connectivity index (χ0v) is 34.5. The number of hydrogen-bond donors (Lipinski definition) is 0. The van der Waals surface area contributed by atoms with E-state index in [4.69, 9.17) is 15.0 Å². The van der Waals surface area contributed by atoms with Crippen molar-refractivity contribution >= 4 is 10.8 Å². The molecule has 0 saturated heterocycles. The maximum Gasteiger partial charge on any atom is 0.164 e. The van der Waals surface area contributed by atoms with Crippen LogP contribution in [0.4, 0.5) is 0 Å². The van der Waals surface area contributed by atoms with Crippen LogP contribution in [0.3, 0.4) is 0 Å². The molecule has 10 aromatic rings. The van der Waals surface area contributed by atoms with Crippen molar-refractivity contribution in [2.45, 2.75) is 24.7 Å². The minimum Gasteiger partial charge on any atom is -0.208 e. The van der Waals surface area contributed by atoms with Crippen LogP contribution in [-0.2, 0) is 10.8 Å². The van der Waals surface area contributed by atoms with Gasteiger partial charge in [-0.05, 0) is 95.7 Å². The summed E-state index contributed by atoms with van der Waals surface area (Å²) in [5, 5.41) is 2.34. The van der Waals surface area contributed by atoms with E-state index in [0.29, 0.717) is 17.5 Å². The summed E-state index contributed by atoms with van der Waals surface area (Å²) in [6.45, 7) is 4.62. The molecular formula is C59H41N3. The van der Waals surface area contributed by atoms with E-state index < -0.39 is 5.41 Å². The van der Waals surface area contributed by atoms with E-state index in [1.807, 2.05) is 18.2 Å². The molecule has 0 amide bonds. The minimum absolute atomic E-state index is 0.143. The van der Waals surface area contributed by atoms with Gasteiger partial charge in [0.25, 0.3) is 0 Å². The molecule has 1 heterocycles. The third-order valence-electron chi connectivity index (χ3n) is 13.4. The van der Waals surface area contributed by atoms with Gasteiger partial charge in [0.2, 0.25) is 0 Å². The van der Waals surface area contributed by atoms with Gasteiger partial charge in [0.1, 0.15) is 0 Å². The molecule has 0 unspecified atom stereocenters. The van der Waals surface area contributed by atoms with Crippen molar-refractivity contribution in [1.82, 2.24) is 15.0 Å².